The third-order valence-corrected chi connectivity index (χ3v) is 3.14. The first kappa shape index (κ1) is 15.8. The average molecular weight is 319 g/mol. The molecule has 0 radical (unpaired) electrons. The molecule has 0 bridgehead atoms. The number of halogens is 2. The van der Waals surface area contributed by atoms with E-state index in [-0.39, 0.29) is 17.3 Å². The zero-order valence-corrected chi connectivity index (χ0v) is 12.5. The number of ether oxygens (including phenoxy) is 1. The van der Waals surface area contributed by atoms with Gasteiger partial charge in [-0.25, -0.2) is 4.39 Å². The Hall–Kier alpha value is -2.58. The molecule has 22 heavy (non-hydrogen) atoms. The van der Waals surface area contributed by atoms with Gasteiger partial charge in [-0.15, -0.1) is 0 Å². The van der Waals surface area contributed by atoms with Crippen LogP contribution in [0.5, 0.6) is 5.75 Å². The molecule has 0 saturated heterocycles. The van der Waals surface area contributed by atoms with Crippen molar-refractivity contribution in [1.29, 1.82) is 5.26 Å². The molecule has 2 rings (SSSR count). The topological polar surface area (TPSA) is 54.6 Å². The van der Waals surface area contributed by atoms with Crippen LogP contribution in [0.3, 0.4) is 0 Å². The molecule has 2 aromatic carbocycles. The summed E-state index contributed by atoms with van der Waals surface area (Å²) in [4.78, 5) is 4.66. The van der Waals surface area contributed by atoms with E-state index in [0.29, 0.717) is 11.3 Å². The first-order valence-electron chi connectivity index (χ1n) is 6.33. The molecule has 0 aliphatic rings. The first-order chi connectivity index (χ1) is 10.7. The Balaban J connectivity index is 2.21. The van der Waals surface area contributed by atoms with Crippen LogP contribution in [0, 0.1) is 17.1 Å². The van der Waals surface area contributed by atoms with Crippen molar-refractivity contribution in [2.45, 2.75) is 6.61 Å². The summed E-state index contributed by atoms with van der Waals surface area (Å²) in [5.41, 5.74) is 1.51. The average Bonchev–Trinajstić information content (AvgIpc) is 2.54. The number of oxime groups is 1. The van der Waals surface area contributed by atoms with E-state index in [1.54, 1.807) is 12.1 Å². The number of nitrogens with zero attached hydrogens (tertiary/aromatic N) is 2. The lowest BCUT2D eigenvalue weighted by atomic mass is 10.0. The van der Waals surface area contributed by atoms with Crippen LogP contribution in [0.2, 0.25) is 5.02 Å². The van der Waals surface area contributed by atoms with Crippen molar-refractivity contribution >= 4 is 17.3 Å². The number of hydrogen-bond acceptors (Lipinski definition) is 4. The van der Waals surface area contributed by atoms with Crippen LogP contribution in [0.25, 0.3) is 0 Å². The summed E-state index contributed by atoms with van der Waals surface area (Å²) in [7, 11) is 1.37. The molecular formula is C16H12ClFN2O2. The fourth-order valence-electron chi connectivity index (χ4n) is 1.83. The highest BCUT2D eigenvalue weighted by molar-refractivity contribution is 6.30. The third-order valence-electron chi connectivity index (χ3n) is 2.85. The SMILES string of the molecule is CON=C(C#N)c1ccccc1COc1ccc(F)c(Cl)c1. The lowest BCUT2D eigenvalue weighted by Gasteiger charge is -2.10. The quantitative estimate of drug-likeness (QED) is 0.620. The largest absolute Gasteiger partial charge is 0.489 e. The fourth-order valence-corrected chi connectivity index (χ4v) is 2.00. The molecule has 0 aliphatic carbocycles. The van der Waals surface area contributed by atoms with Crippen molar-refractivity contribution in [3.05, 3.63) is 64.4 Å². The Morgan fingerprint density at radius 1 is 1.32 bits per heavy atom. The van der Waals surface area contributed by atoms with Crippen LogP contribution in [0.15, 0.2) is 47.6 Å². The summed E-state index contributed by atoms with van der Waals surface area (Å²) in [6, 6.07) is 13.3. The molecule has 6 heteroatoms. The molecule has 0 N–H and O–H groups in total. The van der Waals surface area contributed by atoms with Gasteiger partial charge in [0.2, 0.25) is 0 Å². The summed E-state index contributed by atoms with van der Waals surface area (Å²) in [5.74, 6) is -0.0724. The van der Waals surface area contributed by atoms with Gasteiger partial charge in [-0.1, -0.05) is 41.0 Å². The number of rotatable bonds is 5. The van der Waals surface area contributed by atoms with Crippen LogP contribution < -0.4 is 4.74 Å². The van der Waals surface area contributed by atoms with Crippen LogP contribution in [-0.4, -0.2) is 12.8 Å². The lowest BCUT2D eigenvalue weighted by Crippen LogP contribution is -2.06. The summed E-state index contributed by atoms with van der Waals surface area (Å²) in [5, 5.41) is 12.8. The fraction of sp³-hybridized carbons (Fsp3) is 0.125. The molecule has 0 amide bonds. The first-order valence-corrected chi connectivity index (χ1v) is 6.71. The summed E-state index contributed by atoms with van der Waals surface area (Å²) < 4.78 is 18.7. The Morgan fingerprint density at radius 3 is 2.77 bits per heavy atom. The van der Waals surface area contributed by atoms with Gasteiger partial charge in [0.1, 0.15) is 31.4 Å². The second-order valence-electron chi connectivity index (χ2n) is 4.26. The van der Waals surface area contributed by atoms with Gasteiger partial charge in [0, 0.05) is 11.6 Å². The van der Waals surface area contributed by atoms with Gasteiger partial charge in [-0.2, -0.15) is 5.26 Å². The van der Waals surface area contributed by atoms with Gasteiger partial charge < -0.3 is 9.57 Å². The summed E-state index contributed by atoms with van der Waals surface area (Å²) >= 11 is 5.71. The normalized spacial score (nSPS) is 10.9. The minimum Gasteiger partial charge on any atom is -0.489 e. The van der Waals surface area contributed by atoms with Crippen molar-refractivity contribution in [2.75, 3.05) is 7.11 Å². The van der Waals surface area contributed by atoms with Crippen LogP contribution in [-0.2, 0) is 11.4 Å². The number of hydrogen-bond donors (Lipinski definition) is 0. The Morgan fingerprint density at radius 2 is 2.09 bits per heavy atom. The number of benzene rings is 2. The van der Waals surface area contributed by atoms with Gasteiger partial charge in [-0.3, -0.25) is 0 Å². The predicted octanol–water partition coefficient (Wildman–Crippen LogP) is 3.93. The Bertz CT molecular complexity index is 741. The van der Waals surface area contributed by atoms with E-state index in [4.69, 9.17) is 21.6 Å². The molecule has 0 saturated carbocycles. The smallest absolute Gasteiger partial charge is 0.187 e. The standard InChI is InChI=1S/C16H12ClFN2O2/c1-21-20-16(9-19)13-5-3-2-4-11(13)10-22-12-6-7-15(18)14(17)8-12/h2-8H,10H2,1H3. The second-order valence-corrected chi connectivity index (χ2v) is 4.66. The molecule has 0 aromatic heterocycles. The molecule has 0 unspecified atom stereocenters. The molecule has 2 aromatic rings. The molecule has 0 fully saturated rings. The van der Waals surface area contributed by atoms with E-state index >= 15 is 0 Å². The van der Waals surface area contributed by atoms with E-state index in [1.165, 1.54) is 25.3 Å². The predicted molar refractivity (Wildman–Crippen MR) is 81.3 cm³/mol. The molecule has 4 nitrogen and oxygen atoms in total. The Kier molecular flexibility index (Phi) is 5.34. The maximum atomic E-state index is 13.1. The molecule has 0 spiro atoms. The summed E-state index contributed by atoms with van der Waals surface area (Å²) in [6.07, 6.45) is 0. The highest BCUT2D eigenvalue weighted by Gasteiger charge is 2.10. The van der Waals surface area contributed by atoms with Gasteiger partial charge in [0.15, 0.2) is 5.71 Å². The van der Waals surface area contributed by atoms with Crippen molar-refractivity contribution in [3.63, 3.8) is 0 Å². The Labute approximate surface area is 132 Å². The molecule has 112 valence electrons. The van der Waals surface area contributed by atoms with Crippen molar-refractivity contribution in [1.82, 2.24) is 0 Å². The van der Waals surface area contributed by atoms with Crippen LogP contribution in [0.4, 0.5) is 4.39 Å². The maximum Gasteiger partial charge on any atom is 0.187 e. The van der Waals surface area contributed by atoms with E-state index in [0.717, 1.165) is 5.56 Å². The zero-order chi connectivity index (χ0) is 15.9. The molecule has 0 heterocycles. The van der Waals surface area contributed by atoms with Gasteiger partial charge in [0.05, 0.1) is 5.02 Å². The summed E-state index contributed by atoms with van der Waals surface area (Å²) in [6.45, 7) is 0.183. The molecular weight excluding hydrogens is 307 g/mol. The minimum absolute atomic E-state index is 0.00977. The maximum absolute atomic E-state index is 13.1. The van der Waals surface area contributed by atoms with Crippen molar-refractivity contribution < 1.29 is 14.0 Å². The van der Waals surface area contributed by atoms with Crippen molar-refractivity contribution in [3.8, 4) is 11.8 Å². The lowest BCUT2D eigenvalue weighted by molar-refractivity contribution is 0.214. The van der Waals surface area contributed by atoms with Crippen LogP contribution >= 0.6 is 11.6 Å². The minimum atomic E-state index is -0.506. The highest BCUT2D eigenvalue weighted by atomic mass is 35.5. The third kappa shape index (κ3) is 3.74. The van der Waals surface area contributed by atoms with E-state index in [1.807, 2.05) is 18.2 Å². The van der Waals surface area contributed by atoms with Gasteiger partial charge >= 0.3 is 0 Å². The second kappa shape index (κ2) is 7.43. The highest BCUT2D eigenvalue weighted by Crippen LogP contribution is 2.22. The van der Waals surface area contributed by atoms with Gasteiger partial charge in [0.25, 0.3) is 0 Å². The van der Waals surface area contributed by atoms with Crippen molar-refractivity contribution in [2.24, 2.45) is 5.16 Å². The zero-order valence-electron chi connectivity index (χ0n) is 11.7. The van der Waals surface area contributed by atoms with E-state index < -0.39 is 5.82 Å². The van der Waals surface area contributed by atoms with E-state index in [9.17, 15) is 4.39 Å². The number of nitriles is 1. The molecule has 0 aliphatic heterocycles. The van der Waals surface area contributed by atoms with Crippen LogP contribution in [0.1, 0.15) is 11.1 Å². The molecule has 0 atom stereocenters. The van der Waals surface area contributed by atoms with Gasteiger partial charge in [-0.05, 0) is 17.7 Å². The van der Waals surface area contributed by atoms with E-state index in [2.05, 4.69) is 9.99 Å². The monoisotopic (exact) mass is 318 g/mol.